The number of carbonyl (C=O) groups excluding carboxylic acids is 2. The molecule has 39 heavy (non-hydrogen) atoms. The zero-order chi connectivity index (χ0) is 27.0. The molecule has 2 N–H and O–H groups in total. The van der Waals surface area contributed by atoms with Gasteiger partial charge in [-0.3, -0.25) is 14.9 Å². The highest BCUT2D eigenvalue weighted by atomic mass is 32.2. The smallest absolute Gasteiger partial charge is 0.244 e. The Morgan fingerprint density at radius 2 is 1.41 bits per heavy atom. The average molecular weight is 538 g/mol. The highest BCUT2D eigenvalue weighted by Crippen LogP contribution is 2.52. The summed E-state index contributed by atoms with van der Waals surface area (Å²) in [7, 11) is 0. The summed E-state index contributed by atoms with van der Waals surface area (Å²) in [5, 5.41) is 6.62. The molecule has 7 heteroatoms. The number of carbonyl (C=O) groups is 2. The Bertz CT molecular complexity index is 1350. The van der Waals surface area contributed by atoms with Gasteiger partial charge in [-0.1, -0.05) is 91.0 Å². The minimum atomic E-state index is -0.763. The molecule has 2 saturated heterocycles. The van der Waals surface area contributed by atoms with E-state index in [0.29, 0.717) is 5.76 Å². The Hall–Kier alpha value is -3.81. The number of rotatable bonds is 8. The van der Waals surface area contributed by atoms with Crippen LogP contribution in [0.5, 0.6) is 0 Å². The molecule has 4 aromatic rings. The number of nitrogens with zero attached hydrogens (tertiary/aromatic N) is 1. The van der Waals surface area contributed by atoms with Crippen molar-refractivity contribution >= 4 is 23.6 Å². The van der Waals surface area contributed by atoms with Gasteiger partial charge in [-0.2, -0.15) is 0 Å². The lowest BCUT2D eigenvalue weighted by atomic mass is 9.76. The van der Waals surface area contributed by atoms with Crippen LogP contribution < -0.4 is 10.6 Å². The fourth-order valence-corrected chi connectivity index (χ4v) is 7.53. The number of hydrogen-bond donors (Lipinski definition) is 2. The van der Waals surface area contributed by atoms with Gasteiger partial charge in [0.2, 0.25) is 11.8 Å². The first-order chi connectivity index (χ1) is 18.9. The summed E-state index contributed by atoms with van der Waals surface area (Å²) in [6, 6.07) is 33.3. The summed E-state index contributed by atoms with van der Waals surface area (Å²) in [4.78, 5) is 29.0. The Labute approximate surface area is 232 Å². The first-order valence-electron chi connectivity index (χ1n) is 13.2. The molecule has 6 rings (SSSR count). The van der Waals surface area contributed by atoms with Gasteiger partial charge in [0, 0.05) is 4.75 Å². The van der Waals surface area contributed by atoms with Gasteiger partial charge in [0.1, 0.15) is 23.2 Å². The third-order valence-corrected chi connectivity index (χ3v) is 9.27. The number of nitrogens with one attached hydrogen (secondary N) is 2. The van der Waals surface area contributed by atoms with Gasteiger partial charge in [-0.15, -0.1) is 11.8 Å². The highest BCUT2D eigenvalue weighted by molar-refractivity contribution is 8.01. The Balaban J connectivity index is 1.35. The van der Waals surface area contributed by atoms with Crippen LogP contribution in [-0.2, 0) is 21.7 Å². The molecule has 2 fully saturated rings. The molecule has 198 valence electrons. The number of furan rings is 1. The van der Waals surface area contributed by atoms with Crippen molar-refractivity contribution in [3.8, 4) is 0 Å². The molecule has 0 aliphatic carbocycles. The van der Waals surface area contributed by atoms with Crippen LogP contribution in [0, 0.1) is 0 Å². The van der Waals surface area contributed by atoms with E-state index in [1.807, 2.05) is 74.5 Å². The monoisotopic (exact) mass is 537 g/mol. The molecule has 0 saturated carbocycles. The van der Waals surface area contributed by atoms with Crippen molar-refractivity contribution in [1.29, 1.82) is 0 Å². The van der Waals surface area contributed by atoms with Crippen molar-refractivity contribution in [3.63, 3.8) is 0 Å². The van der Waals surface area contributed by atoms with E-state index in [9.17, 15) is 9.59 Å². The zero-order valence-corrected chi connectivity index (χ0v) is 22.7. The fourth-order valence-electron chi connectivity index (χ4n) is 5.90. The number of fused-ring (bicyclic) bond motifs is 1. The minimum Gasteiger partial charge on any atom is -0.467 e. The van der Waals surface area contributed by atoms with Gasteiger partial charge in [0.15, 0.2) is 0 Å². The molecule has 3 atom stereocenters. The van der Waals surface area contributed by atoms with E-state index in [2.05, 4.69) is 47.0 Å². The van der Waals surface area contributed by atoms with E-state index < -0.39 is 22.4 Å². The summed E-state index contributed by atoms with van der Waals surface area (Å²) >= 11 is 1.67. The topological polar surface area (TPSA) is 74.6 Å². The molecule has 3 aromatic carbocycles. The molecular formula is C32H31N3O3S. The van der Waals surface area contributed by atoms with Crippen molar-refractivity contribution in [2.45, 2.75) is 48.1 Å². The number of β-lactam (4-membered cyclic amide) rings is 1. The maximum atomic E-state index is 13.9. The quantitative estimate of drug-likeness (QED) is 0.247. The summed E-state index contributed by atoms with van der Waals surface area (Å²) in [6.45, 7) is 4.36. The summed E-state index contributed by atoms with van der Waals surface area (Å²) in [6.07, 6.45) is 1.58. The highest BCUT2D eigenvalue weighted by Gasteiger charge is 2.64. The van der Waals surface area contributed by atoms with Crippen LogP contribution in [0.3, 0.4) is 0 Å². The first-order valence-corrected chi connectivity index (χ1v) is 14.0. The molecule has 6 nitrogen and oxygen atoms in total. The van der Waals surface area contributed by atoms with Crippen LogP contribution in [-0.4, -0.2) is 38.9 Å². The van der Waals surface area contributed by atoms with Gasteiger partial charge in [0.25, 0.3) is 0 Å². The van der Waals surface area contributed by atoms with Crippen LogP contribution in [0.25, 0.3) is 0 Å². The summed E-state index contributed by atoms with van der Waals surface area (Å²) in [5.41, 5.74) is 2.37. The zero-order valence-electron chi connectivity index (χ0n) is 21.9. The standard InChI is InChI=1S/C32H31N3O3S/c1-31(2)27(28(36)33-21-25-19-12-20-38-25)35-29(37)26(30(35)39-31)34-32(22-13-6-3-7-14-22,23-15-8-4-9-16-23)24-17-10-5-11-18-24/h3-20,26-27,30,34H,21H2,1-2H3,(H,33,36)/t26?,27?,30-/m1/s1. The SMILES string of the molecule is CC1(C)S[C@@H]2C(NC(c3ccccc3)(c3ccccc3)c3ccccc3)C(=O)N2C1C(=O)NCc1ccco1. The molecule has 2 aliphatic rings. The Morgan fingerprint density at radius 1 is 0.872 bits per heavy atom. The van der Waals surface area contributed by atoms with Gasteiger partial charge < -0.3 is 14.6 Å². The van der Waals surface area contributed by atoms with Crippen LogP contribution in [0.2, 0.25) is 0 Å². The van der Waals surface area contributed by atoms with Crippen molar-refractivity contribution < 1.29 is 14.0 Å². The number of hydrogen-bond acceptors (Lipinski definition) is 5. The maximum absolute atomic E-state index is 13.9. The lowest BCUT2D eigenvalue weighted by Gasteiger charge is -2.49. The second-order valence-corrected chi connectivity index (χ2v) is 12.3. The van der Waals surface area contributed by atoms with Crippen LogP contribution in [0.4, 0.5) is 0 Å². The average Bonchev–Trinajstić information content (AvgIpc) is 3.58. The second kappa shape index (κ2) is 10.1. The lowest BCUT2D eigenvalue weighted by molar-refractivity contribution is -0.154. The molecule has 2 aliphatic heterocycles. The maximum Gasteiger partial charge on any atom is 0.244 e. The predicted octanol–water partition coefficient (Wildman–Crippen LogP) is 4.91. The van der Waals surface area contributed by atoms with Crippen LogP contribution in [0.15, 0.2) is 114 Å². The number of amides is 2. The first kappa shape index (κ1) is 25.5. The Kier molecular flexibility index (Phi) is 6.57. The fraction of sp³-hybridized carbons (Fsp3) is 0.250. The van der Waals surface area contributed by atoms with Crippen molar-refractivity contribution in [3.05, 3.63) is 132 Å². The van der Waals surface area contributed by atoms with Gasteiger partial charge >= 0.3 is 0 Å². The van der Waals surface area contributed by atoms with Gasteiger partial charge in [-0.25, -0.2) is 0 Å². The minimum absolute atomic E-state index is 0.0663. The molecule has 2 unspecified atom stereocenters. The van der Waals surface area contributed by atoms with Gasteiger partial charge in [-0.05, 0) is 42.7 Å². The third-order valence-electron chi connectivity index (χ3n) is 7.70. The van der Waals surface area contributed by atoms with E-state index in [0.717, 1.165) is 16.7 Å². The number of thioether (sulfide) groups is 1. The van der Waals surface area contributed by atoms with Crippen molar-refractivity contribution in [2.24, 2.45) is 0 Å². The predicted molar refractivity (Wildman–Crippen MR) is 153 cm³/mol. The molecule has 0 radical (unpaired) electrons. The summed E-state index contributed by atoms with van der Waals surface area (Å²) in [5.74, 6) is 0.443. The number of benzene rings is 3. The van der Waals surface area contributed by atoms with E-state index in [4.69, 9.17) is 4.42 Å². The normalized spacial score (nSPS) is 21.7. The van der Waals surface area contributed by atoms with Crippen molar-refractivity contribution in [2.75, 3.05) is 0 Å². The van der Waals surface area contributed by atoms with E-state index >= 15 is 0 Å². The molecule has 1 aromatic heterocycles. The van der Waals surface area contributed by atoms with E-state index in [1.54, 1.807) is 29.0 Å². The molecule has 3 heterocycles. The van der Waals surface area contributed by atoms with Gasteiger partial charge in [0.05, 0.1) is 18.3 Å². The Morgan fingerprint density at radius 3 is 1.90 bits per heavy atom. The lowest BCUT2D eigenvalue weighted by Crippen LogP contribution is -2.73. The molecular weight excluding hydrogens is 506 g/mol. The molecule has 2 amide bonds. The molecule has 0 spiro atoms. The second-order valence-electron chi connectivity index (χ2n) is 10.5. The third kappa shape index (κ3) is 4.36. The van der Waals surface area contributed by atoms with E-state index in [-0.39, 0.29) is 23.7 Å². The van der Waals surface area contributed by atoms with Crippen LogP contribution in [0.1, 0.15) is 36.3 Å². The molecule has 0 bridgehead atoms. The largest absolute Gasteiger partial charge is 0.467 e. The summed E-state index contributed by atoms with van der Waals surface area (Å²) < 4.78 is 4.91. The van der Waals surface area contributed by atoms with Crippen molar-refractivity contribution in [1.82, 2.24) is 15.5 Å². The van der Waals surface area contributed by atoms with Crippen LogP contribution >= 0.6 is 11.8 Å². The van der Waals surface area contributed by atoms with E-state index in [1.165, 1.54) is 0 Å².